The van der Waals surface area contributed by atoms with Crippen LogP contribution >= 0.6 is 0 Å². The fourth-order valence-corrected chi connectivity index (χ4v) is 5.70. The molecular formula is C36H48N2O3. The summed E-state index contributed by atoms with van der Waals surface area (Å²) in [5, 5.41) is 9.34. The third-order valence-corrected chi connectivity index (χ3v) is 7.65. The molecule has 1 heterocycles. The Morgan fingerprint density at radius 1 is 0.976 bits per heavy atom. The van der Waals surface area contributed by atoms with Gasteiger partial charge >= 0.3 is 0 Å². The Morgan fingerprint density at radius 3 is 2.22 bits per heavy atom. The van der Waals surface area contributed by atoms with Gasteiger partial charge in [0.2, 0.25) is 5.91 Å². The van der Waals surface area contributed by atoms with E-state index in [4.69, 9.17) is 16.3 Å². The second-order valence-corrected chi connectivity index (χ2v) is 10.8. The van der Waals surface area contributed by atoms with Gasteiger partial charge in [0.15, 0.2) is 0 Å². The van der Waals surface area contributed by atoms with Crippen LogP contribution in [0, 0.1) is 12.8 Å². The largest absolute Gasteiger partial charge is 0.396 e. The number of aliphatic hydroxyl groups is 1. The maximum atomic E-state index is 13.4. The molecule has 5 heteroatoms. The molecule has 0 aliphatic heterocycles. The van der Waals surface area contributed by atoms with Gasteiger partial charge in [-0.2, -0.15) is 0 Å². The molecule has 2 atom stereocenters. The van der Waals surface area contributed by atoms with Crippen molar-refractivity contribution in [1.29, 1.82) is 0 Å². The number of amides is 1. The minimum Gasteiger partial charge on any atom is -0.396 e. The number of aliphatic hydroxyl groups excluding tert-OH is 1. The molecule has 0 fully saturated rings. The highest BCUT2D eigenvalue weighted by molar-refractivity contribution is 6.03. The van der Waals surface area contributed by atoms with E-state index >= 15 is 0 Å². The van der Waals surface area contributed by atoms with Gasteiger partial charge in [-0.1, -0.05) is 88.2 Å². The van der Waals surface area contributed by atoms with E-state index in [0.717, 1.165) is 84.2 Å². The van der Waals surface area contributed by atoms with Crippen molar-refractivity contribution in [2.24, 2.45) is 5.92 Å². The molecule has 2 unspecified atom stereocenters. The number of nitrogens with zero attached hydrogens (tertiary/aromatic N) is 2. The molecule has 1 aromatic heterocycles. The van der Waals surface area contributed by atoms with E-state index in [9.17, 15) is 9.90 Å². The number of anilines is 2. The highest BCUT2D eigenvalue weighted by atomic mass is 16.5. The van der Waals surface area contributed by atoms with E-state index in [1.165, 1.54) is 0 Å². The number of benzene rings is 2. The molecule has 2 aromatic carbocycles. The first-order chi connectivity index (χ1) is 19.8. The Balaban J connectivity index is 2.38. The van der Waals surface area contributed by atoms with Gasteiger partial charge in [-0.3, -0.25) is 9.69 Å². The van der Waals surface area contributed by atoms with Gasteiger partial charge in [0.25, 0.3) is 0 Å². The van der Waals surface area contributed by atoms with Crippen LogP contribution in [0.5, 0.6) is 0 Å². The lowest BCUT2D eigenvalue weighted by molar-refractivity contribution is -0.115. The summed E-state index contributed by atoms with van der Waals surface area (Å²) in [6, 6.07) is 20.1. The summed E-state index contributed by atoms with van der Waals surface area (Å²) in [6.07, 6.45) is 6.52. The highest BCUT2D eigenvalue weighted by Crippen LogP contribution is 2.46. The van der Waals surface area contributed by atoms with Crippen molar-refractivity contribution in [1.82, 2.24) is 4.98 Å². The lowest BCUT2D eigenvalue weighted by atomic mass is 9.80. The number of allylic oxidation sites excluding steroid dienone is 1. The Bertz CT molecular complexity index is 1260. The maximum absolute atomic E-state index is 13.4. The van der Waals surface area contributed by atoms with E-state index in [2.05, 4.69) is 45.0 Å². The van der Waals surface area contributed by atoms with Gasteiger partial charge in [0, 0.05) is 42.5 Å². The summed E-state index contributed by atoms with van der Waals surface area (Å²) in [7, 11) is 0. The van der Waals surface area contributed by atoms with Gasteiger partial charge < -0.3 is 9.84 Å². The molecule has 0 radical (unpaired) electrons. The number of aryl methyl sites for hydroxylation is 1. The summed E-state index contributed by atoms with van der Waals surface area (Å²) in [6.45, 7) is 15.6. The number of ether oxygens (including phenoxy) is 1. The lowest BCUT2D eigenvalue weighted by Crippen LogP contribution is -2.27. The SMILES string of the molecule is C=C(c1c(N(C(C)=O)c2ccccc2)nc(C)c(C(C)OCCC)c1-c1ccccc1)C(CCC)CCCCCO. The summed E-state index contributed by atoms with van der Waals surface area (Å²) >= 11 is 0. The number of hydrogen-bond donors (Lipinski definition) is 1. The number of rotatable bonds is 16. The third-order valence-electron chi connectivity index (χ3n) is 7.65. The Morgan fingerprint density at radius 2 is 1.63 bits per heavy atom. The molecule has 220 valence electrons. The first-order valence-corrected chi connectivity index (χ1v) is 15.2. The van der Waals surface area contributed by atoms with Gasteiger partial charge in [0.05, 0.1) is 11.8 Å². The molecule has 0 aliphatic rings. The van der Waals surface area contributed by atoms with Gasteiger partial charge in [-0.15, -0.1) is 0 Å². The first kappa shape index (κ1) is 32.2. The molecule has 0 saturated carbocycles. The summed E-state index contributed by atoms with van der Waals surface area (Å²) < 4.78 is 6.31. The molecule has 0 spiro atoms. The zero-order chi connectivity index (χ0) is 29.8. The smallest absolute Gasteiger partial charge is 0.229 e. The van der Waals surface area contributed by atoms with Crippen molar-refractivity contribution in [3.8, 4) is 11.1 Å². The minimum atomic E-state index is -0.185. The van der Waals surface area contributed by atoms with Crippen LogP contribution in [0.2, 0.25) is 0 Å². The lowest BCUT2D eigenvalue weighted by Gasteiger charge is -2.31. The molecule has 3 rings (SSSR count). The molecule has 1 N–H and O–H groups in total. The van der Waals surface area contributed by atoms with E-state index in [0.29, 0.717) is 12.4 Å². The zero-order valence-corrected chi connectivity index (χ0v) is 25.7. The van der Waals surface area contributed by atoms with E-state index in [1.807, 2.05) is 43.3 Å². The second-order valence-electron chi connectivity index (χ2n) is 10.8. The number of pyridine rings is 1. The molecule has 1 amide bonds. The number of carbonyl (C=O) groups excluding carboxylic acids is 1. The number of para-hydroxylation sites is 1. The van der Waals surface area contributed by atoms with E-state index < -0.39 is 0 Å². The predicted octanol–water partition coefficient (Wildman–Crippen LogP) is 9.21. The van der Waals surface area contributed by atoms with Crippen molar-refractivity contribution in [3.05, 3.63) is 84.1 Å². The number of carbonyl (C=O) groups is 1. The first-order valence-electron chi connectivity index (χ1n) is 15.2. The fraction of sp³-hybridized carbons (Fsp3) is 0.444. The minimum absolute atomic E-state index is 0.103. The van der Waals surface area contributed by atoms with Crippen LogP contribution in [-0.2, 0) is 9.53 Å². The van der Waals surface area contributed by atoms with Gasteiger partial charge in [-0.25, -0.2) is 4.98 Å². The molecule has 41 heavy (non-hydrogen) atoms. The van der Waals surface area contributed by atoms with Crippen LogP contribution in [-0.4, -0.2) is 29.2 Å². The average molecular weight is 557 g/mol. The molecule has 0 aliphatic carbocycles. The fourth-order valence-electron chi connectivity index (χ4n) is 5.70. The monoisotopic (exact) mass is 556 g/mol. The standard InChI is InChI=1S/C36H48N2O3/c1-7-18-30(19-14-11-17-24-39)26(3)33-35(31-20-12-9-13-21-31)34(28(5)41-25-8-2)27(4)37-36(33)38(29(6)40)32-22-15-10-16-23-32/h9-10,12-13,15-16,20-23,28,30,39H,3,7-8,11,14,17-19,24-25H2,1-2,4-6H3. The Hall–Kier alpha value is -3.28. The molecule has 3 aromatic rings. The predicted molar refractivity (Wildman–Crippen MR) is 171 cm³/mol. The third kappa shape index (κ3) is 8.15. The van der Waals surface area contributed by atoms with Crippen molar-refractivity contribution in [2.45, 2.75) is 85.7 Å². The number of aromatic nitrogens is 1. The molecular weight excluding hydrogens is 508 g/mol. The van der Waals surface area contributed by atoms with Crippen molar-refractivity contribution in [3.63, 3.8) is 0 Å². The topological polar surface area (TPSA) is 62.7 Å². The van der Waals surface area contributed by atoms with Crippen molar-refractivity contribution < 1.29 is 14.6 Å². The summed E-state index contributed by atoms with van der Waals surface area (Å²) in [4.78, 5) is 20.3. The molecule has 0 saturated heterocycles. The summed E-state index contributed by atoms with van der Waals surface area (Å²) in [5.41, 5.74) is 6.68. The maximum Gasteiger partial charge on any atom is 0.229 e. The number of unbranched alkanes of at least 4 members (excludes halogenated alkanes) is 2. The van der Waals surface area contributed by atoms with Crippen LogP contribution in [0.3, 0.4) is 0 Å². The van der Waals surface area contributed by atoms with Gasteiger partial charge in [-0.05, 0) is 68.7 Å². The van der Waals surface area contributed by atoms with Crippen LogP contribution in [0.25, 0.3) is 16.7 Å². The zero-order valence-electron chi connectivity index (χ0n) is 25.7. The second kappa shape index (κ2) is 16.2. The van der Waals surface area contributed by atoms with E-state index in [-0.39, 0.29) is 24.5 Å². The molecule has 5 nitrogen and oxygen atoms in total. The van der Waals surface area contributed by atoms with Crippen LogP contribution in [0.4, 0.5) is 11.5 Å². The Labute approximate surface area is 247 Å². The quantitative estimate of drug-likeness (QED) is 0.179. The van der Waals surface area contributed by atoms with Gasteiger partial charge in [0.1, 0.15) is 5.82 Å². The van der Waals surface area contributed by atoms with E-state index in [1.54, 1.807) is 11.8 Å². The van der Waals surface area contributed by atoms with Crippen LogP contribution in [0.1, 0.15) is 95.6 Å². The molecule has 0 bridgehead atoms. The Kier molecular flexibility index (Phi) is 12.8. The highest BCUT2D eigenvalue weighted by Gasteiger charge is 2.31. The van der Waals surface area contributed by atoms with Crippen LogP contribution < -0.4 is 4.90 Å². The van der Waals surface area contributed by atoms with Crippen molar-refractivity contribution >= 4 is 23.0 Å². The average Bonchev–Trinajstić information content (AvgIpc) is 2.97. The summed E-state index contributed by atoms with van der Waals surface area (Å²) in [5.74, 6) is 0.732. The van der Waals surface area contributed by atoms with Crippen LogP contribution in [0.15, 0.2) is 67.2 Å². The normalized spacial score (nSPS) is 12.6. The number of hydrogen-bond acceptors (Lipinski definition) is 4. The van der Waals surface area contributed by atoms with Crippen molar-refractivity contribution in [2.75, 3.05) is 18.1 Å².